The molecule has 0 N–H and O–H groups in total. The molecule has 1 atom stereocenters. The third-order valence-corrected chi connectivity index (χ3v) is 5.57. The van der Waals surface area contributed by atoms with Crippen molar-refractivity contribution < 1.29 is 4.74 Å². The molecule has 0 fully saturated rings. The molecule has 0 radical (unpaired) electrons. The van der Waals surface area contributed by atoms with E-state index in [-0.39, 0.29) is 6.04 Å². The summed E-state index contributed by atoms with van der Waals surface area (Å²) in [7, 11) is 0. The molecule has 4 rings (SSSR count). The maximum atomic E-state index is 6.05. The largest absolute Gasteiger partial charge is 0.473 e. The molecule has 0 saturated heterocycles. The lowest BCUT2D eigenvalue weighted by Gasteiger charge is -2.35. The molecule has 5 heteroatoms. The Morgan fingerprint density at radius 2 is 1.60 bits per heavy atom. The van der Waals surface area contributed by atoms with Crippen LogP contribution in [-0.2, 0) is 4.74 Å². The maximum absolute atomic E-state index is 6.05. The predicted octanol–water partition coefficient (Wildman–Crippen LogP) is 6.63. The Balaban J connectivity index is 1.72. The van der Waals surface area contributed by atoms with Crippen molar-refractivity contribution in [2.45, 2.75) is 6.04 Å². The summed E-state index contributed by atoms with van der Waals surface area (Å²) < 4.78 is 6.05. The fourth-order valence-corrected chi connectivity index (χ4v) is 3.92. The Morgan fingerprint density at radius 3 is 2.24 bits per heavy atom. The van der Waals surface area contributed by atoms with Crippen LogP contribution in [0, 0.1) is 0 Å². The van der Waals surface area contributed by atoms with E-state index in [1.54, 1.807) is 11.3 Å². The predicted molar refractivity (Wildman–Crippen MR) is 106 cm³/mol. The Bertz CT molecular complexity index is 873. The van der Waals surface area contributed by atoms with Gasteiger partial charge in [0.2, 0.25) is 0 Å². The SMILES string of the molecule is Clc1ccc(C2=CC(c3cccs3)N(c3ccc(Cl)cc3)CO2)cc1. The highest BCUT2D eigenvalue weighted by Gasteiger charge is 2.26. The van der Waals surface area contributed by atoms with Gasteiger partial charge in [-0.25, -0.2) is 0 Å². The van der Waals surface area contributed by atoms with Crippen LogP contribution in [0.2, 0.25) is 10.0 Å². The lowest BCUT2D eigenvalue weighted by molar-refractivity contribution is 0.252. The van der Waals surface area contributed by atoms with E-state index in [1.165, 1.54) is 4.88 Å². The lowest BCUT2D eigenvalue weighted by atomic mass is 10.1. The molecule has 1 aliphatic heterocycles. The van der Waals surface area contributed by atoms with Gasteiger partial charge in [0.15, 0.2) is 6.73 Å². The monoisotopic (exact) mass is 387 g/mol. The van der Waals surface area contributed by atoms with Gasteiger partial charge in [0.05, 0.1) is 6.04 Å². The number of hydrogen-bond donors (Lipinski definition) is 0. The van der Waals surface area contributed by atoms with E-state index >= 15 is 0 Å². The highest BCUT2D eigenvalue weighted by atomic mass is 35.5. The zero-order valence-corrected chi connectivity index (χ0v) is 15.6. The molecule has 2 heterocycles. The number of nitrogens with zero attached hydrogens (tertiary/aromatic N) is 1. The summed E-state index contributed by atoms with van der Waals surface area (Å²) >= 11 is 13.8. The molecule has 0 bridgehead atoms. The summed E-state index contributed by atoms with van der Waals surface area (Å²) in [6, 6.07) is 19.9. The van der Waals surface area contributed by atoms with Gasteiger partial charge in [-0.05, 0) is 66.1 Å². The third-order valence-electron chi connectivity index (χ3n) is 4.13. The van der Waals surface area contributed by atoms with E-state index in [2.05, 4.69) is 28.5 Å². The van der Waals surface area contributed by atoms with Gasteiger partial charge in [0, 0.05) is 26.2 Å². The quantitative estimate of drug-likeness (QED) is 0.499. The van der Waals surface area contributed by atoms with Gasteiger partial charge >= 0.3 is 0 Å². The number of thiophene rings is 1. The van der Waals surface area contributed by atoms with E-state index in [9.17, 15) is 0 Å². The van der Waals surface area contributed by atoms with Crippen LogP contribution in [0.25, 0.3) is 5.76 Å². The molecular formula is C20H15Cl2NOS. The molecule has 1 aliphatic rings. The van der Waals surface area contributed by atoms with Crippen molar-refractivity contribution in [3.8, 4) is 0 Å². The Morgan fingerprint density at radius 1 is 0.920 bits per heavy atom. The third kappa shape index (κ3) is 3.54. The second kappa shape index (κ2) is 7.12. The second-order valence-corrected chi connectivity index (χ2v) is 7.57. The fraction of sp³-hybridized carbons (Fsp3) is 0.100. The van der Waals surface area contributed by atoms with Crippen LogP contribution in [0.4, 0.5) is 5.69 Å². The molecule has 25 heavy (non-hydrogen) atoms. The molecule has 2 nitrogen and oxygen atoms in total. The average Bonchev–Trinajstić information content (AvgIpc) is 3.17. The van der Waals surface area contributed by atoms with Crippen LogP contribution >= 0.6 is 34.5 Å². The Labute approximate surface area is 160 Å². The molecule has 0 amide bonds. The minimum atomic E-state index is 0.112. The lowest BCUT2D eigenvalue weighted by Crippen LogP contribution is -2.32. The summed E-state index contributed by atoms with van der Waals surface area (Å²) in [5.41, 5.74) is 2.11. The van der Waals surface area contributed by atoms with E-state index in [0.29, 0.717) is 6.73 Å². The van der Waals surface area contributed by atoms with Gasteiger partial charge in [0.1, 0.15) is 5.76 Å². The highest BCUT2D eigenvalue weighted by molar-refractivity contribution is 7.10. The van der Waals surface area contributed by atoms with Crippen LogP contribution in [0.1, 0.15) is 16.5 Å². The standard InChI is InChI=1S/C20H15Cl2NOS/c21-15-5-3-14(4-6-15)19-12-18(20-2-1-11-25-20)23(13-24-19)17-9-7-16(22)8-10-17/h1-12,18H,13H2. The summed E-state index contributed by atoms with van der Waals surface area (Å²) in [4.78, 5) is 3.49. The normalized spacial score (nSPS) is 17.1. The van der Waals surface area contributed by atoms with E-state index in [1.807, 2.05) is 48.5 Å². The van der Waals surface area contributed by atoms with Gasteiger partial charge in [-0.2, -0.15) is 0 Å². The fourth-order valence-electron chi connectivity index (χ4n) is 2.86. The molecule has 1 aromatic heterocycles. The van der Waals surface area contributed by atoms with Gasteiger partial charge in [0.25, 0.3) is 0 Å². The van der Waals surface area contributed by atoms with Crippen LogP contribution in [0.15, 0.2) is 72.1 Å². The highest BCUT2D eigenvalue weighted by Crippen LogP contribution is 2.37. The van der Waals surface area contributed by atoms with Gasteiger partial charge in [-0.1, -0.05) is 29.3 Å². The number of ether oxygens (including phenoxy) is 1. The average molecular weight is 388 g/mol. The first-order valence-corrected chi connectivity index (χ1v) is 9.50. The van der Waals surface area contributed by atoms with Crippen molar-refractivity contribution in [1.29, 1.82) is 0 Å². The van der Waals surface area contributed by atoms with Gasteiger partial charge in [-0.15, -0.1) is 11.3 Å². The molecular weight excluding hydrogens is 373 g/mol. The van der Waals surface area contributed by atoms with Crippen LogP contribution in [0.5, 0.6) is 0 Å². The first kappa shape index (κ1) is 16.5. The summed E-state index contributed by atoms with van der Waals surface area (Å²) in [5, 5.41) is 3.55. The van der Waals surface area contributed by atoms with E-state index < -0.39 is 0 Å². The molecule has 126 valence electrons. The van der Waals surface area contributed by atoms with Crippen molar-refractivity contribution in [2.24, 2.45) is 0 Å². The van der Waals surface area contributed by atoms with Crippen molar-refractivity contribution in [1.82, 2.24) is 0 Å². The number of benzene rings is 2. The molecule has 0 aliphatic carbocycles. The summed E-state index contributed by atoms with van der Waals surface area (Å²) in [6.07, 6.45) is 2.16. The van der Waals surface area contributed by atoms with Crippen LogP contribution in [0.3, 0.4) is 0 Å². The summed E-state index contributed by atoms with van der Waals surface area (Å²) in [6.45, 7) is 0.471. The number of anilines is 1. The molecule has 1 unspecified atom stereocenters. The minimum absolute atomic E-state index is 0.112. The topological polar surface area (TPSA) is 12.5 Å². The van der Waals surface area contributed by atoms with Crippen LogP contribution < -0.4 is 4.90 Å². The van der Waals surface area contributed by atoms with Crippen molar-refractivity contribution >= 4 is 46.0 Å². The van der Waals surface area contributed by atoms with E-state index in [0.717, 1.165) is 27.1 Å². The Kier molecular flexibility index (Phi) is 4.71. The zero-order chi connectivity index (χ0) is 17.2. The van der Waals surface area contributed by atoms with Crippen molar-refractivity contribution in [3.05, 3.63) is 92.6 Å². The first-order valence-electron chi connectivity index (χ1n) is 7.87. The number of halogens is 2. The van der Waals surface area contributed by atoms with Crippen molar-refractivity contribution in [3.63, 3.8) is 0 Å². The van der Waals surface area contributed by atoms with Crippen molar-refractivity contribution in [2.75, 3.05) is 11.6 Å². The maximum Gasteiger partial charge on any atom is 0.162 e. The van der Waals surface area contributed by atoms with Gasteiger partial charge < -0.3 is 9.64 Å². The molecule has 3 aromatic rings. The number of rotatable bonds is 3. The van der Waals surface area contributed by atoms with Gasteiger partial charge in [-0.3, -0.25) is 0 Å². The molecule has 0 spiro atoms. The molecule has 0 saturated carbocycles. The minimum Gasteiger partial charge on any atom is -0.473 e. The summed E-state index contributed by atoms with van der Waals surface area (Å²) in [5.74, 6) is 0.875. The van der Waals surface area contributed by atoms with Crippen LogP contribution in [-0.4, -0.2) is 6.73 Å². The molecule has 2 aromatic carbocycles. The Hall–Kier alpha value is -1.94. The van der Waals surface area contributed by atoms with E-state index in [4.69, 9.17) is 27.9 Å². The number of hydrogen-bond acceptors (Lipinski definition) is 3. The zero-order valence-electron chi connectivity index (χ0n) is 13.2. The first-order chi connectivity index (χ1) is 12.2. The smallest absolute Gasteiger partial charge is 0.162 e. The second-order valence-electron chi connectivity index (χ2n) is 5.72.